The molecule has 5 heteroatoms. The van der Waals surface area contributed by atoms with Crippen LogP contribution in [0.3, 0.4) is 0 Å². The highest BCUT2D eigenvalue weighted by atomic mass is 35.5. The molecule has 1 aromatic carbocycles. The third-order valence-electron chi connectivity index (χ3n) is 3.97. The molecule has 1 aliphatic heterocycles. The molecule has 0 saturated carbocycles. The normalized spacial score (nSPS) is 23.8. The van der Waals surface area contributed by atoms with Crippen LogP contribution in [0.5, 0.6) is 5.75 Å². The number of halogens is 1. The third kappa shape index (κ3) is 3.89. The van der Waals surface area contributed by atoms with Gasteiger partial charge in [-0.2, -0.15) is 0 Å². The van der Waals surface area contributed by atoms with Crippen molar-refractivity contribution in [2.24, 2.45) is 5.92 Å². The average molecular weight is 312 g/mol. The van der Waals surface area contributed by atoms with E-state index in [1.807, 2.05) is 26.0 Å². The van der Waals surface area contributed by atoms with Crippen LogP contribution < -0.4 is 4.74 Å². The molecule has 21 heavy (non-hydrogen) atoms. The van der Waals surface area contributed by atoms with Crippen molar-refractivity contribution in [3.63, 3.8) is 0 Å². The lowest BCUT2D eigenvalue weighted by molar-refractivity contribution is -0.142. The SMILES string of the molecule is Cc1ccc(Cl)c(OC(C)C(=O)N2CCC(C)C(O)C2)c1. The number of likely N-dealkylation sites (tertiary alicyclic amines) is 1. The molecule has 1 N–H and O–H groups in total. The maximum Gasteiger partial charge on any atom is 0.263 e. The molecule has 116 valence electrons. The van der Waals surface area contributed by atoms with Crippen molar-refractivity contribution in [1.29, 1.82) is 0 Å². The second-order valence-corrected chi connectivity index (χ2v) is 6.22. The Morgan fingerprint density at radius 3 is 2.90 bits per heavy atom. The highest BCUT2D eigenvalue weighted by Gasteiger charge is 2.30. The van der Waals surface area contributed by atoms with Crippen LogP contribution in [0, 0.1) is 12.8 Å². The quantitative estimate of drug-likeness (QED) is 0.933. The van der Waals surface area contributed by atoms with Crippen LogP contribution in [0.1, 0.15) is 25.8 Å². The Kier molecular flexibility index (Phi) is 5.12. The maximum absolute atomic E-state index is 12.4. The number of carbonyl (C=O) groups is 1. The van der Waals surface area contributed by atoms with Crippen LogP contribution >= 0.6 is 11.6 Å². The van der Waals surface area contributed by atoms with E-state index in [2.05, 4.69) is 0 Å². The lowest BCUT2D eigenvalue weighted by atomic mass is 9.96. The standard InChI is InChI=1S/C16H22ClNO3/c1-10-4-5-13(17)15(8-10)21-12(3)16(20)18-7-6-11(2)14(19)9-18/h4-5,8,11-12,14,19H,6-7,9H2,1-3H3. The Labute approximate surface area is 130 Å². The lowest BCUT2D eigenvalue weighted by Crippen LogP contribution is -2.49. The van der Waals surface area contributed by atoms with Gasteiger partial charge in [0.1, 0.15) is 5.75 Å². The van der Waals surface area contributed by atoms with Crippen LogP contribution in [0.2, 0.25) is 5.02 Å². The minimum Gasteiger partial charge on any atom is -0.479 e. The molecule has 1 aromatic rings. The first kappa shape index (κ1) is 16.1. The smallest absolute Gasteiger partial charge is 0.263 e. The molecule has 4 nitrogen and oxygen atoms in total. The van der Waals surface area contributed by atoms with Gasteiger partial charge in [0.05, 0.1) is 11.1 Å². The zero-order valence-electron chi connectivity index (χ0n) is 12.7. The molecule has 0 aliphatic carbocycles. The maximum atomic E-state index is 12.4. The van der Waals surface area contributed by atoms with Gasteiger partial charge in [-0.15, -0.1) is 0 Å². The summed E-state index contributed by atoms with van der Waals surface area (Å²) in [5.41, 5.74) is 1.02. The fourth-order valence-electron chi connectivity index (χ4n) is 2.45. The number of ether oxygens (including phenoxy) is 1. The first-order valence-corrected chi connectivity index (χ1v) is 7.66. The highest BCUT2D eigenvalue weighted by molar-refractivity contribution is 6.32. The molecule has 1 heterocycles. The number of aryl methyl sites for hydroxylation is 1. The lowest BCUT2D eigenvalue weighted by Gasteiger charge is -2.35. The fourth-order valence-corrected chi connectivity index (χ4v) is 2.61. The van der Waals surface area contributed by atoms with Crippen LogP contribution in [0.15, 0.2) is 18.2 Å². The Bertz CT molecular complexity index is 520. The molecule has 3 unspecified atom stereocenters. The van der Waals surface area contributed by atoms with E-state index in [-0.39, 0.29) is 11.8 Å². The molecular formula is C16H22ClNO3. The van der Waals surface area contributed by atoms with Crippen LogP contribution in [0.25, 0.3) is 0 Å². The Balaban J connectivity index is 2.01. The molecule has 0 bridgehead atoms. The number of aliphatic hydroxyl groups is 1. The van der Waals surface area contributed by atoms with Crippen molar-refractivity contribution in [3.8, 4) is 5.75 Å². The van der Waals surface area contributed by atoms with Gasteiger partial charge >= 0.3 is 0 Å². The molecule has 0 radical (unpaired) electrons. The zero-order chi connectivity index (χ0) is 15.6. The van der Waals surface area contributed by atoms with Gasteiger partial charge in [-0.1, -0.05) is 24.6 Å². The van der Waals surface area contributed by atoms with Gasteiger partial charge in [-0.25, -0.2) is 0 Å². The van der Waals surface area contributed by atoms with Crippen molar-refractivity contribution in [3.05, 3.63) is 28.8 Å². The van der Waals surface area contributed by atoms with Crippen LogP contribution in [-0.4, -0.2) is 41.2 Å². The van der Waals surface area contributed by atoms with E-state index in [4.69, 9.17) is 16.3 Å². The summed E-state index contributed by atoms with van der Waals surface area (Å²) >= 11 is 6.08. The fraction of sp³-hybridized carbons (Fsp3) is 0.562. The van der Waals surface area contributed by atoms with E-state index < -0.39 is 12.2 Å². The van der Waals surface area contributed by atoms with Gasteiger partial charge in [0.15, 0.2) is 6.10 Å². The number of piperidine rings is 1. The summed E-state index contributed by atoms with van der Waals surface area (Å²) in [6.45, 7) is 6.68. The number of hydrogen-bond donors (Lipinski definition) is 1. The van der Waals surface area contributed by atoms with Gasteiger partial charge in [0.25, 0.3) is 5.91 Å². The topological polar surface area (TPSA) is 49.8 Å². The summed E-state index contributed by atoms with van der Waals surface area (Å²) in [4.78, 5) is 14.1. The molecule has 0 spiro atoms. The zero-order valence-corrected chi connectivity index (χ0v) is 13.4. The molecular weight excluding hydrogens is 290 g/mol. The number of amides is 1. The molecule has 0 aromatic heterocycles. The largest absolute Gasteiger partial charge is 0.479 e. The Hall–Kier alpha value is -1.26. The third-order valence-corrected chi connectivity index (χ3v) is 4.28. The number of nitrogens with zero attached hydrogens (tertiary/aromatic N) is 1. The minimum atomic E-state index is -0.620. The van der Waals surface area contributed by atoms with Crippen LogP contribution in [-0.2, 0) is 4.79 Å². The van der Waals surface area contributed by atoms with E-state index in [1.165, 1.54) is 0 Å². The van der Waals surface area contributed by atoms with Crippen molar-refractivity contribution >= 4 is 17.5 Å². The average Bonchev–Trinajstić information content (AvgIpc) is 2.45. The number of carbonyl (C=O) groups excluding carboxylic acids is 1. The summed E-state index contributed by atoms with van der Waals surface area (Å²) in [6, 6.07) is 5.47. The van der Waals surface area contributed by atoms with Gasteiger partial charge in [0, 0.05) is 13.1 Å². The minimum absolute atomic E-state index is 0.112. The van der Waals surface area contributed by atoms with Crippen molar-refractivity contribution < 1.29 is 14.6 Å². The summed E-state index contributed by atoms with van der Waals surface area (Å²) in [5.74, 6) is 0.637. The molecule has 1 amide bonds. The molecule has 1 saturated heterocycles. The summed E-state index contributed by atoms with van der Waals surface area (Å²) < 4.78 is 5.70. The monoisotopic (exact) mass is 311 g/mol. The van der Waals surface area contributed by atoms with Crippen molar-refractivity contribution in [2.45, 2.75) is 39.4 Å². The molecule has 2 rings (SSSR count). The van der Waals surface area contributed by atoms with E-state index in [9.17, 15) is 9.90 Å². The highest BCUT2D eigenvalue weighted by Crippen LogP contribution is 2.27. The number of aliphatic hydroxyl groups excluding tert-OH is 1. The Morgan fingerprint density at radius 2 is 2.24 bits per heavy atom. The van der Waals surface area contributed by atoms with Crippen LogP contribution in [0.4, 0.5) is 0 Å². The Morgan fingerprint density at radius 1 is 1.52 bits per heavy atom. The first-order chi connectivity index (χ1) is 9.88. The van der Waals surface area contributed by atoms with Gasteiger partial charge in [-0.3, -0.25) is 4.79 Å². The number of benzene rings is 1. The van der Waals surface area contributed by atoms with E-state index >= 15 is 0 Å². The molecule has 3 atom stereocenters. The van der Waals surface area contributed by atoms with E-state index in [1.54, 1.807) is 17.9 Å². The van der Waals surface area contributed by atoms with Gasteiger partial charge in [0.2, 0.25) is 0 Å². The summed E-state index contributed by atoms with van der Waals surface area (Å²) in [5, 5.41) is 10.4. The van der Waals surface area contributed by atoms with Gasteiger partial charge in [-0.05, 0) is 43.9 Å². The number of β-amino-alcohol motifs (C(OH)–C–C–N with tert-alkyl or cyclic N) is 1. The second-order valence-electron chi connectivity index (χ2n) is 5.81. The predicted molar refractivity (Wildman–Crippen MR) is 82.6 cm³/mol. The van der Waals surface area contributed by atoms with Crippen molar-refractivity contribution in [1.82, 2.24) is 4.90 Å². The van der Waals surface area contributed by atoms with E-state index in [0.717, 1.165) is 12.0 Å². The molecule has 1 aliphatic rings. The van der Waals surface area contributed by atoms with Crippen molar-refractivity contribution in [2.75, 3.05) is 13.1 Å². The number of rotatable bonds is 3. The second kappa shape index (κ2) is 6.67. The van der Waals surface area contributed by atoms with E-state index in [0.29, 0.717) is 23.9 Å². The number of hydrogen-bond acceptors (Lipinski definition) is 3. The van der Waals surface area contributed by atoms with Gasteiger partial charge < -0.3 is 14.7 Å². The summed E-state index contributed by atoms with van der Waals surface area (Å²) in [6.07, 6.45) is -0.271. The first-order valence-electron chi connectivity index (χ1n) is 7.28. The molecule has 1 fully saturated rings. The summed E-state index contributed by atoms with van der Waals surface area (Å²) in [7, 11) is 0. The predicted octanol–water partition coefficient (Wildman–Crippen LogP) is 2.65.